The van der Waals surface area contributed by atoms with Crippen molar-refractivity contribution in [2.75, 3.05) is 0 Å². The zero-order valence-electron chi connectivity index (χ0n) is 16.5. The van der Waals surface area contributed by atoms with E-state index in [0.29, 0.717) is 21.6 Å². The van der Waals surface area contributed by atoms with Crippen LogP contribution in [-0.2, 0) is 27.9 Å². The highest BCUT2D eigenvalue weighted by Gasteiger charge is 2.26. The van der Waals surface area contributed by atoms with Gasteiger partial charge < -0.3 is 4.42 Å². The second-order valence-corrected chi connectivity index (χ2v) is 9.39. The van der Waals surface area contributed by atoms with Crippen LogP contribution in [0.25, 0.3) is 0 Å². The first-order chi connectivity index (χ1) is 14.7. The Morgan fingerprint density at radius 1 is 1.00 bits per heavy atom. The summed E-state index contributed by atoms with van der Waals surface area (Å²) in [5.41, 5.74) is 3.04. The van der Waals surface area contributed by atoms with Crippen molar-refractivity contribution in [1.82, 2.24) is 9.73 Å². The summed E-state index contributed by atoms with van der Waals surface area (Å²) in [6.07, 6.45) is 1.34. The third-order valence-electron chi connectivity index (χ3n) is 4.15. The fraction of sp³-hybridized carbons (Fsp3) is 0.143. The first-order valence-electron chi connectivity index (χ1n) is 9.12. The topological polar surface area (TPSA) is 92.0 Å². The van der Waals surface area contributed by atoms with E-state index in [0.717, 1.165) is 5.56 Å². The molecule has 1 N–H and O–H groups in total. The fourth-order valence-corrected chi connectivity index (χ4v) is 4.33. The molecule has 0 aliphatic heterocycles. The molecule has 2 aromatic carbocycles. The van der Waals surface area contributed by atoms with Crippen LogP contribution in [0.1, 0.15) is 24.0 Å². The van der Waals surface area contributed by atoms with Gasteiger partial charge in [-0.2, -0.15) is 9.41 Å². The van der Waals surface area contributed by atoms with E-state index in [1.165, 1.54) is 41.7 Å². The number of carbonyl (C=O) groups is 1. The van der Waals surface area contributed by atoms with Crippen LogP contribution >= 0.6 is 23.2 Å². The van der Waals surface area contributed by atoms with Crippen LogP contribution in [0.3, 0.4) is 0 Å². The van der Waals surface area contributed by atoms with Crippen molar-refractivity contribution in [2.24, 2.45) is 5.10 Å². The number of hydrogen-bond donors (Lipinski definition) is 1. The third-order valence-corrected chi connectivity index (χ3v) is 6.46. The molecule has 1 amide bonds. The van der Waals surface area contributed by atoms with Crippen molar-refractivity contribution in [3.05, 3.63) is 87.8 Å². The Balaban J connectivity index is 1.88. The summed E-state index contributed by atoms with van der Waals surface area (Å²) in [5.74, 6) is 0.473. The average molecular weight is 480 g/mol. The first-order valence-corrected chi connectivity index (χ1v) is 11.3. The standard InChI is InChI=1S/C21H19Cl2N3O4S/c1-15(27)25-24-12-19-8-9-20(30-19)14-26(13-16-2-4-17(22)5-3-16)31(28,29)21-10-6-18(23)7-11-21/h2-12H,13-14H2,1H3,(H,25,27)/b24-12-. The number of amides is 1. The number of benzene rings is 2. The number of nitrogens with one attached hydrogen (secondary N) is 1. The van der Waals surface area contributed by atoms with Crippen LogP contribution in [0.5, 0.6) is 0 Å². The van der Waals surface area contributed by atoms with E-state index in [4.69, 9.17) is 27.6 Å². The number of nitrogens with zero attached hydrogens (tertiary/aromatic N) is 2. The van der Waals surface area contributed by atoms with Crippen molar-refractivity contribution < 1.29 is 17.6 Å². The second-order valence-electron chi connectivity index (χ2n) is 6.58. The third kappa shape index (κ3) is 6.41. The number of carbonyl (C=O) groups excluding carboxylic acids is 1. The molecule has 1 aromatic heterocycles. The van der Waals surface area contributed by atoms with Gasteiger partial charge in [0.2, 0.25) is 15.9 Å². The Morgan fingerprint density at radius 3 is 2.23 bits per heavy atom. The highest BCUT2D eigenvalue weighted by molar-refractivity contribution is 7.89. The summed E-state index contributed by atoms with van der Waals surface area (Å²) in [4.78, 5) is 11.0. The van der Waals surface area contributed by atoms with Gasteiger partial charge in [-0.1, -0.05) is 35.3 Å². The maximum Gasteiger partial charge on any atom is 0.243 e. The van der Waals surface area contributed by atoms with Gasteiger partial charge in [-0.15, -0.1) is 0 Å². The van der Waals surface area contributed by atoms with Crippen LogP contribution in [0.15, 0.2) is 75.1 Å². The van der Waals surface area contributed by atoms with E-state index in [9.17, 15) is 13.2 Å². The van der Waals surface area contributed by atoms with Gasteiger partial charge in [-0.3, -0.25) is 4.79 Å². The zero-order valence-corrected chi connectivity index (χ0v) is 18.8. The quantitative estimate of drug-likeness (QED) is 0.381. The monoisotopic (exact) mass is 479 g/mol. The lowest BCUT2D eigenvalue weighted by atomic mass is 10.2. The summed E-state index contributed by atoms with van der Waals surface area (Å²) in [6, 6.07) is 16.2. The molecule has 0 aliphatic rings. The Labute approximate surface area is 190 Å². The molecule has 31 heavy (non-hydrogen) atoms. The molecule has 3 aromatic rings. The predicted molar refractivity (Wildman–Crippen MR) is 119 cm³/mol. The van der Waals surface area contributed by atoms with Crippen molar-refractivity contribution >= 4 is 45.3 Å². The number of hydrazone groups is 1. The molecule has 0 radical (unpaired) electrons. The largest absolute Gasteiger partial charge is 0.459 e. The van der Waals surface area contributed by atoms with Crippen LogP contribution in [0, 0.1) is 0 Å². The highest BCUT2D eigenvalue weighted by Crippen LogP contribution is 2.24. The van der Waals surface area contributed by atoms with Gasteiger partial charge in [0.15, 0.2) is 0 Å². The fourth-order valence-electron chi connectivity index (χ4n) is 2.68. The molecular formula is C21H19Cl2N3O4S. The van der Waals surface area contributed by atoms with Gasteiger partial charge >= 0.3 is 0 Å². The first kappa shape index (κ1) is 23.0. The van der Waals surface area contributed by atoms with Gasteiger partial charge in [-0.05, 0) is 54.1 Å². The minimum Gasteiger partial charge on any atom is -0.459 e. The smallest absolute Gasteiger partial charge is 0.243 e. The number of sulfonamides is 1. The lowest BCUT2D eigenvalue weighted by Crippen LogP contribution is -2.30. The van der Waals surface area contributed by atoms with Crippen molar-refractivity contribution in [2.45, 2.75) is 24.9 Å². The van der Waals surface area contributed by atoms with Crippen LogP contribution in [0.2, 0.25) is 10.0 Å². The lowest BCUT2D eigenvalue weighted by molar-refractivity contribution is -0.118. The molecule has 0 saturated carbocycles. The van der Waals surface area contributed by atoms with Crippen molar-refractivity contribution in [1.29, 1.82) is 0 Å². The average Bonchev–Trinajstić information content (AvgIpc) is 3.16. The minimum absolute atomic E-state index is 0.0123. The van der Waals surface area contributed by atoms with E-state index in [1.807, 2.05) is 0 Å². The number of furan rings is 1. The number of hydrogen-bond acceptors (Lipinski definition) is 5. The number of halogens is 2. The van der Waals surface area contributed by atoms with E-state index in [2.05, 4.69) is 10.5 Å². The van der Waals surface area contributed by atoms with Crippen LogP contribution < -0.4 is 5.43 Å². The Morgan fingerprint density at radius 2 is 1.61 bits per heavy atom. The Bertz CT molecular complexity index is 1170. The second kappa shape index (κ2) is 10.1. The number of rotatable bonds is 8. The maximum atomic E-state index is 13.3. The van der Waals surface area contributed by atoms with E-state index in [1.54, 1.807) is 36.4 Å². The molecule has 0 unspecified atom stereocenters. The summed E-state index contributed by atoms with van der Waals surface area (Å²) in [7, 11) is -3.85. The lowest BCUT2D eigenvalue weighted by Gasteiger charge is -2.21. The predicted octanol–water partition coefficient (Wildman–Crippen LogP) is 4.45. The molecule has 0 fully saturated rings. The summed E-state index contributed by atoms with van der Waals surface area (Å²) >= 11 is 11.8. The molecule has 0 saturated heterocycles. The maximum absolute atomic E-state index is 13.3. The summed E-state index contributed by atoms with van der Waals surface area (Å²) in [5, 5.41) is 4.74. The molecule has 162 valence electrons. The van der Waals surface area contributed by atoms with E-state index >= 15 is 0 Å². The molecule has 0 bridgehead atoms. The molecule has 3 rings (SSSR count). The Hall–Kier alpha value is -2.65. The highest BCUT2D eigenvalue weighted by atomic mass is 35.5. The molecular weight excluding hydrogens is 461 g/mol. The zero-order chi connectivity index (χ0) is 22.4. The van der Waals surface area contributed by atoms with Gasteiger partial charge in [0.05, 0.1) is 17.7 Å². The van der Waals surface area contributed by atoms with Crippen molar-refractivity contribution in [3.63, 3.8) is 0 Å². The SMILES string of the molecule is CC(=O)N/N=C\c1ccc(CN(Cc2ccc(Cl)cc2)S(=O)(=O)c2ccc(Cl)cc2)o1. The van der Waals surface area contributed by atoms with E-state index < -0.39 is 10.0 Å². The van der Waals surface area contributed by atoms with Crippen LogP contribution in [-0.4, -0.2) is 24.8 Å². The molecule has 10 heteroatoms. The minimum atomic E-state index is -3.85. The molecule has 0 aliphatic carbocycles. The summed E-state index contributed by atoms with van der Waals surface area (Å²) < 4.78 is 33.6. The van der Waals surface area contributed by atoms with Gasteiger partial charge in [-0.25, -0.2) is 13.8 Å². The molecule has 0 spiro atoms. The van der Waals surface area contributed by atoms with Gasteiger partial charge in [0, 0.05) is 23.5 Å². The molecule has 0 atom stereocenters. The Kier molecular flexibility index (Phi) is 7.50. The van der Waals surface area contributed by atoms with Gasteiger partial charge in [0.25, 0.3) is 0 Å². The normalized spacial score (nSPS) is 11.9. The molecule has 1 heterocycles. The van der Waals surface area contributed by atoms with Crippen molar-refractivity contribution in [3.8, 4) is 0 Å². The molecule has 7 nitrogen and oxygen atoms in total. The van der Waals surface area contributed by atoms with E-state index in [-0.39, 0.29) is 23.9 Å². The van der Waals surface area contributed by atoms with Crippen LogP contribution in [0.4, 0.5) is 0 Å². The van der Waals surface area contributed by atoms with Gasteiger partial charge in [0.1, 0.15) is 11.5 Å². The summed E-state index contributed by atoms with van der Waals surface area (Å²) in [6.45, 7) is 1.43.